The number of hydrogen-bond donors (Lipinski definition) is 0. The number of carbonyl (C=O) groups excluding carboxylic acids is 1. The van der Waals surface area contributed by atoms with Gasteiger partial charge in [0.15, 0.2) is 0 Å². The van der Waals surface area contributed by atoms with Gasteiger partial charge in [0.05, 0.1) is 4.92 Å². The molecule has 0 aliphatic carbocycles. The first-order valence-corrected chi connectivity index (χ1v) is 7.33. The molecule has 0 spiro atoms. The summed E-state index contributed by atoms with van der Waals surface area (Å²) in [5.41, 5.74) is 0.963. The maximum atomic E-state index is 11.2. The van der Waals surface area contributed by atoms with Crippen molar-refractivity contribution >= 4 is 17.7 Å². The molecule has 0 N–H and O–H groups in total. The van der Waals surface area contributed by atoms with Gasteiger partial charge in [0.1, 0.15) is 12.0 Å². The standard InChI is InChI=1S/C15H21N3O3/c1-3-16(4-2)13-7-8-17(10-13)14-6-5-12(11-19)9-15(14)18(20)21/h5-6,9,11,13H,3-4,7-8,10H2,1-2H3. The number of carbonyl (C=O) groups is 1. The number of likely N-dealkylation sites (N-methyl/N-ethyl adjacent to an activating group) is 1. The molecule has 0 radical (unpaired) electrons. The molecular formula is C15H21N3O3. The van der Waals surface area contributed by atoms with E-state index in [1.54, 1.807) is 12.1 Å². The zero-order valence-corrected chi connectivity index (χ0v) is 12.5. The summed E-state index contributed by atoms with van der Waals surface area (Å²) in [7, 11) is 0. The Labute approximate surface area is 124 Å². The molecule has 6 nitrogen and oxygen atoms in total. The minimum absolute atomic E-state index is 0.0137. The number of rotatable bonds is 6. The van der Waals surface area contributed by atoms with Crippen LogP contribution in [0.5, 0.6) is 0 Å². The highest BCUT2D eigenvalue weighted by Gasteiger charge is 2.30. The van der Waals surface area contributed by atoms with Gasteiger partial charge < -0.3 is 4.90 Å². The molecule has 0 saturated carbocycles. The SMILES string of the molecule is CCN(CC)C1CCN(c2ccc(C=O)cc2[N+](=O)[O-])C1. The van der Waals surface area contributed by atoms with Crippen molar-refractivity contribution in [2.24, 2.45) is 0 Å². The van der Waals surface area contributed by atoms with E-state index >= 15 is 0 Å². The number of benzene rings is 1. The lowest BCUT2D eigenvalue weighted by molar-refractivity contribution is -0.384. The monoisotopic (exact) mass is 291 g/mol. The van der Waals surface area contributed by atoms with E-state index in [0.29, 0.717) is 23.6 Å². The van der Waals surface area contributed by atoms with Gasteiger partial charge in [-0.05, 0) is 31.6 Å². The van der Waals surface area contributed by atoms with Crippen LogP contribution < -0.4 is 4.90 Å². The van der Waals surface area contributed by atoms with Crippen LogP contribution in [0.25, 0.3) is 0 Å². The smallest absolute Gasteiger partial charge is 0.293 e. The summed E-state index contributed by atoms with van der Waals surface area (Å²) < 4.78 is 0. The Hall–Kier alpha value is -1.95. The minimum Gasteiger partial charge on any atom is -0.364 e. The molecule has 0 bridgehead atoms. The van der Waals surface area contributed by atoms with Crippen molar-refractivity contribution in [1.29, 1.82) is 0 Å². The summed E-state index contributed by atoms with van der Waals surface area (Å²) in [6.07, 6.45) is 1.65. The third-order valence-corrected chi connectivity index (χ3v) is 4.17. The fourth-order valence-electron chi connectivity index (χ4n) is 3.03. The van der Waals surface area contributed by atoms with Gasteiger partial charge >= 0.3 is 0 Å². The second kappa shape index (κ2) is 6.67. The Morgan fingerprint density at radius 3 is 2.71 bits per heavy atom. The number of hydrogen-bond acceptors (Lipinski definition) is 5. The highest BCUT2D eigenvalue weighted by atomic mass is 16.6. The molecule has 2 rings (SSSR count). The predicted octanol–water partition coefficient (Wildman–Crippen LogP) is 2.33. The molecule has 1 aromatic rings. The molecule has 1 heterocycles. The fourth-order valence-corrected chi connectivity index (χ4v) is 3.03. The molecule has 6 heteroatoms. The second-order valence-electron chi connectivity index (χ2n) is 5.23. The molecule has 1 unspecified atom stereocenters. The van der Waals surface area contributed by atoms with E-state index < -0.39 is 4.92 Å². The van der Waals surface area contributed by atoms with Gasteiger partial charge in [0.2, 0.25) is 0 Å². The minimum atomic E-state index is -0.410. The second-order valence-corrected chi connectivity index (χ2v) is 5.23. The van der Waals surface area contributed by atoms with Crippen LogP contribution >= 0.6 is 0 Å². The summed E-state index contributed by atoms with van der Waals surface area (Å²) in [4.78, 5) is 26.0. The van der Waals surface area contributed by atoms with Gasteiger partial charge in [-0.15, -0.1) is 0 Å². The van der Waals surface area contributed by atoms with E-state index in [-0.39, 0.29) is 5.69 Å². The van der Waals surface area contributed by atoms with Gasteiger partial charge in [-0.3, -0.25) is 19.8 Å². The van der Waals surface area contributed by atoms with Crippen molar-refractivity contribution in [3.05, 3.63) is 33.9 Å². The number of anilines is 1. The van der Waals surface area contributed by atoms with Crippen molar-refractivity contribution in [3.8, 4) is 0 Å². The van der Waals surface area contributed by atoms with Crippen molar-refractivity contribution in [2.45, 2.75) is 26.3 Å². The Morgan fingerprint density at radius 1 is 1.43 bits per heavy atom. The summed E-state index contributed by atoms with van der Waals surface area (Å²) in [5.74, 6) is 0. The van der Waals surface area contributed by atoms with E-state index in [0.717, 1.165) is 32.6 Å². The normalized spacial score (nSPS) is 18.2. The van der Waals surface area contributed by atoms with E-state index in [2.05, 4.69) is 23.6 Å². The summed E-state index contributed by atoms with van der Waals surface area (Å²) in [6.45, 7) is 7.84. The lowest BCUT2D eigenvalue weighted by Crippen LogP contribution is -2.37. The average molecular weight is 291 g/mol. The van der Waals surface area contributed by atoms with Crippen LogP contribution in [0.2, 0.25) is 0 Å². The van der Waals surface area contributed by atoms with Crippen LogP contribution in [0.4, 0.5) is 11.4 Å². The maximum Gasteiger partial charge on any atom is 0.293 e. The van der Waals surface area contributed by atoms with Gasteiger partial charge in [-0.2, -0.15) is 0 Å². The first-order chi connectivity index (χ1) is 10.1. The first-order valence-electron chi connectivity index (χ1n) is 7.33. The van der Waals surface area contributed by atoms with Crippen molar-refractivity contribution in [1.82, 2.24) is 4.90 Å². The molecule has 1 aliphatic heterocycles. The Morgan fingerprint density at radius 2 is 2.14 bits per heavy atom. The van der Waals surface area contributed by atoms with Crippen LogP contribution in [-0.4, -0.2) is 48.3 Å². The number of aldehydes is 1. The molecule has 1 aliphatic rings. The van der Waals surface area contributed by atoms with E-state index in [4.69, 9.17) is 0 Å². The van der Waals surface area contributed by atoms with Gasteiger partial charge in [-0.25, -0.2) is 0 Å². The Bertz CT molecular complexity index is 529. The van der Waals surface area contributed by atoms with E-state index in [9.17, 15) is 14.9 Å². The largest absolute Gasteiger partial charge is 0.364 e. The third-order valence-electron chi connectivity index (χ3n) is 4.17. The Balaban J connectivity index is 2.23. The lowest BCUT2D eigenvalue weighted by Gasteiger charge is -2.26. The molecule has 1 aromatic carbocycles. The summed E-state index contributed by atoms with van der Waals surface area (Å²) in [5, 5.41) is 11.2. The molecule has 0 amide bonds. The lowest BCUT2D eigenvalue weighted by atomic mass is 10.1. The highest BCUT2D eigenvalue weighted by molar-refractivity contribution is 5.79. The summed E-state index contributed by atoms with van der Waals surface area (Å²) in [6, 6.07) is 5.12. The van der Waals surface area contributed by atoms with Crippen LogP contribution in [-0.2, 0) is 0 Å². The van der Waals surface area contributed by atoms with Gasteiger partial charge in [0, 0.05) is 30.8 Å². The number of nitrogens with zero attached hydrogens (tertiary/aromatic N) is 3. The Kier molecular flexibility index (Phi) is 4.90. The fraction of sp³-hybridized carbons (Fsp3) is 0.533. The quantitative estimate of drug-likeness (QED) is 0.457. The topological polar surface area (TPSA) is 66.7 Å². The molecule has 114 valence electrons. The van der Waals surface area contributed by atoms with Crippen LogP contribution in [0, 0.1) is 10.1 Å². The molecule has 1 atom stereocenters. The third kappa shape index (κ3) is 3.21. The molecular weight excluding hydrogens is 270 g/mol. The molecule has 1 saturated heterocycles. The zero-order valence-electron chi connectivity index (χ0n) is 12.5. The average Bonchev–Trinajstić information content (AvgIpc) is 2.97. The highest BCUT2D eigenvalue weighted by Crippen LogP contribution is 2.32. The van der Waals surface area contributed by atoms with Crippen LogP contribution in [0.15, 0.2) is 18.2 Å². The molecule has 1 fully saturated rings. The molecule has 21 heavy (non-hydrogen) atoms. The van der Waals surface area contributed by atoms with Crippen molar-refractivity contribution in [2.75, 3.05) is 31.1 Å². The first kappa shape index (κ1) is 15.4. The van der Waals surface area contributed by atoms with Crippen LogP contribution in [0.3, 0.4) is 0 Å². The van der Waals surface area contributed by atoms with E-state index in [1.165, 1.54) is 6.07 Å². The zero-order chi connectivity index (χ0) is 15.4. The number of nitro groups is 1. The van der Waals surface area contributed by atoms with Crippen molar-refractivity contribution < 1.29 is 9.72 Å². The number of nitro benzene ring substituents is 1. The van der Waals surface area contributed by atoms with Gasteiger partial charge in [0.25, 0.3) is 5.69 Å². The molecule has 0 aromatic heterocycles. The van der Waals surface area contributed by atoms with Crippen molar-refractivity contribution in [3.63, 3.8) is 0 Å². The maximum absolute atomic E-state index is 11.2. The van der Waals surface area contributed by atoms with Crippen LogP contribution in [0.1, 0.15) is 30.6 Å². The summed E-state index contributed by atoms with van der Waals surface area (Å²) >= 11 is 0. The predicted molar refractivity (Wildman–Crippen MR) is 82.0 cm³/mol. The van der Waals surface area contributed by atoms with E-state index in [1.807, 2.05) is 0 Å². The van der Waals surface area contributed by atoms with Gasteiger partial charge in [-0.1, -0.05) is 13.8 Å².